The van der Waals surface area contributed by atoms with Gasteiger partial charge in [-0.05, 0) is 25.1 Å². The number of aryl methyl sites for hydroxylation is 1. The molecule has 0 radical (unpaired) electrons. The summed E-state index contributed by atoms with van der Waals surface area (Å²) in [6.07, 6.45) is 4.03. The molecule has 1 atom stereocenters. The van der Waals surface area contributed by atoms with E-state index in [1.165, 1.54) is 0 Å². The van der Waals surface area contributed by atoms with Crippen LogP contribution in [0.3, 0.4) is 0 Å². The van der Waals surface area contributed by atoms with Gasteiger partial charge in [-0.25, -0.2) is 0 Å². The van der Waals surface area contributed by atoms with E-state index in [0.717, 1.165) is 17.1 Å². The van der Waals surface area contributed by atoms with Crippen molar-refractivity contribution in [1.82, 2.24) is 5.43 Å². The Morgan fingerprint density at radius 1 is 1.33 bits per heavy atom. The Hall–Kier alpha value is -1.52. The molecule has 0 saturated carbocycles. The lowest BCUT2D eigenvalue weighted by Gasteiger charge is -2.13. The summed E-state index contributed by atoms with van der Waals surface area (Å²) in [6, 6.07) is 5.74. The van der Waals surface area contributed by atoms with Crippen LogP contribution < -0.4 is 11.3 Å². The molecule has 3 N–H and O–H groups in total. The summed E-state index contributed by atoms with van der Waals surface area (Å²) in [5.41, 5.74) is 3.83. The van der Waals surface area contributed by atoms with Gasteiger partial charge in [-0.3, -0.25) is 11.3 Å². The number of rotatable bonds is 4. The Morgan fingerprint density at radius 2 is 2.20 bits per heavy atom. The molecule has 80 valence electrons. The van der Waals surface area contributed by atoms with Crippen LogP contribution >= 0.6 is 0 Å². The highest BCUT2D eigenvalue weighted by atomic mass is 16.3. The van der Waals surface area contributed by atoms with Crippen molar-refractivity contribution in [3.63, 3.8) is 0 Å². The first-order chi connectivity index (χ1) is 7.31. The Bertz CT molecular complexity index is 406. The topological polar surface area (TPSA) is 64.3 Å². The summed E-state index contributed by atoms with van der Waals surface area (Å²) in [5, 5.41) is 0. The smallest absolute Gasteiger partial charge is 0.105 e. The minimum Gasteiger partial charge on any atom is -0.469 e. The summed E-state index contributed by atoms with van der Waals surface area (Å²) >= 11 is 0. The van der Waals surface area contributed by atoms with Crippen LogP contribution in [0.1, 0.15) is 23.1 Å². The van der Waals surface area contributed by atoms with E-state index in [9.17, 15) is 0 Å². The highest BCUT2D eigenvalue weighted by Crippen LogP contribution is 2.21. The van der Waals surface area contributed by atoms with Crippen LogP contribution in [0.5, 0.6) is 0 Å². The minimum absolute atomic E-state index is 0.0231. The molecule has 0 spiro atoms. The van der Waals surface area contributed by atoms with E-state index in [1.54, 1.807) is 12.5 Å². The second-order valence-corrected chi connectivity index (χ2v) is 3.43. The Labute approximate surface area is 88.0 Å². The van der Waals surface area contributed by atoms with Crippen molar-refractivity contribution in [3.05, 3.63) is 47.8 Å². The molecule has 4 nitrogen and oxygen atoms in total. The first-order valence-corrected chi connectivity index (χ1v) is 4.83. The van der Waals surface area contributed by atoms with Gasteiger partial charge < -0.3 is 8.83 Å². The molecule has 0 aliphatic rings. The van der Waals surface area contributed by atoms with Gasteiger partial charge in [-0.15, -0.1) is 0 Å². The predicted octanol–water partition coefficient (Wildman–Crippen LogP) is 1.93. The monoisotopic (exact) mass is 206 g/mol. The fraction of sp³-hybridized carbons (Fsp3) is 0.273. The number of hydrogen-bond donors (Lipinski definition) is 2. The molecule has 0 aliphatic carbocycles. The summed E-state index contributed by atoms with van der Waals surface area (Å²) in [7, 11) is 0. The van der Waals surface area contributed by atoms with Crippen molar-refractivity contribution in [1.29, 1.82) is 0 Å². The molecular formula is C11H14N2O2. The first-order valence-electron chi connectivity index (χ1n) is 4.83. The molecule has 4 heteroatoms. The molecular weight excluding hydrogens is 192 g/mol. The van der Waals surface area contributed by atoms with Crippen LogP contribution in [-0.4, -0.2) is 0 Å². The van der Waals surface area contributed by atoms with Gasteiger partial charge in [0.15, 0.2) is 0 Å². The fourth-order valence-electron chi connectivity index (χ4n) is 1.64. The Kier molecular flexibility index (Phi) is 2.89. The first kappa shape index (κ1) is 10.0. The standard InChI is InChI=1S/C11H14N2O2/c1-8-10(4-6-14-8)11(13-12)7-9-3-2-5-15-9/h2-6,11,13H,7,12H2,1H3. The summed E-state index contributed by atoms with van der Waals surface area (Å²) in [6.45, 7) is 1.92. The molecule has 0 fully saturated rings. The van der Waals surface area contributed by atoms with Gasteiger partial charge in [0.05, 0.1) is 18.6 Å². The maximum absolute atomic E-state index is 5.52. The lowest BCUT2D eigenvalue weighted by atomic mass is 10.0. The summed E-state index contributed by atoms with van der Waals surface area (Å²) in [4.78, 5) is 0. The van der Waals surface area contributed by atoms with Crippen molar-refractivity contribution in [2.45, 2.75) is 19.4 Å². The van der Waals surface area contributed by atoms with Crippen LogP contribution in [0, 0.1) is 6.92 Å². The van der Waals surface area contributed by atoms with Crippen molar-refractivity contribution in [2.24, 2.45) is 5.84 Å². The van der Waals surface area contributed by atoms with E-state index in [0.29, 0.717) is 6.42 Å². The second kappa shape index (κ2) is 4.33. The van der Waals surface area contributed by atoms with E-state index in [4.69, 9.17) is 14.7 Å². The number of nitrogens with two attached hydrogens (primary N) is 1. The maximum atomic E-state index is 5.52. The predicted molar refractivity (Wildman–Crippen MR) is 55.9 cm³/mol. The molecule has 0 amide bonds. The second-order valence-electron chi connectivity index (χ2n) is 3.43. The van der Waals surface area contributed by atoms with Crippen LogP contribution in [0.4, 0.5) is 0 Å². The normalized spacial score (nSPS) is 12.9. The largest absolute Gasteiger partial charge is 0.469 e. The van der Waals surface area contributed by atoms with Crippen LogP contribution in [0.25, 0.3) is 0 Å². The third kappa shape index (κ3) is 2.11. The summed E-state index contributed by atoms with van der Waals surface area (Å²) in [5.74, 6) is 7.30. The third-order valence-electron chi connectivity index (χ3n) is 2.46. The highest BCUT2D eigenvalue weighted by molar-refractivity contribution is 5.21. The van der Waals surface area contributed by atoms with Gasteiger partial charge in [0.1, 0.15) is 11.5 Å². The van der Waals surface area contributed by atoms with Crippen molar-refractivity contribution in [2.75, 3.05) is 0 Å². The number of hydrogen-bond acceptors (Lipinski definition) is 4. The van der Waals surface area contributed by atoms with Gasteiger partial charge in [0.2, 0.25) is 0 Å². The lowest BCUT2D eigenvalue weighted by Crippen LogP contribution is -2.29. The molecule has 2 heterocycles. The molecule has 0 saturated heterocycles. The van der Waals surface area contributed by atoms with Crippen molar-refractivity contribution in [3.8, 4) is 0 Å². The zero-order valence-corrected chi connectivity index (χ0v) is 8.57. The number of furan rings is 2. The van der Waals surface area contributed by atoms with E-state index < -0.39 is 0 Å². The molecule has 0 aliphatic heterocycles. The maximum Gasteiger partial charge on any atom is 0.105 e. The minimum atomic E-state index is 0.0231. The molecule has 2 rings (SSSR count). The fourth-order valence-corrected chi connectivity index (χ4v) is 1.64. The lowest BCUT2D eigenvalue weighted by molar-refractivity contribution is 0.447. The molecule has 2 aromatic heterocycles. The van der Waals surface area contributed by atoms with Gasteiger partial charge in [0, 0.05) is 12.0 Å². The van der Waals surface area contributed by atoms with Crippen LogP contribution in [-0.2, 0) is 6.42 Å². The Balaban J connectivity index is 2.15. The SMILES string of the molecule is Cc1occc1C(Cc1ccco1)NN. The van der Waals surface area contributed by atoms with Gasteiger partial charge in [-0.1, -0.05) is 0 Å². The van der Waals surface area contributed by atoms with Crippen LogP contribution in [0.2, 0.25) is 0 Å². The average molecular weight is 206 g/mol. The van der Waals surface area contributed by atoms with Gasteiger partial charge >= 0.3 is 0 Å². The zero-order chi connectivity index (χ0) is 10.7. The molecule has 15 heavy (non-hydrogen) atoms. The zero-order valence-electron chi connectivity index (χ0n) is 8.57. The van der Waals surface area contributed by atoms with E-state index in [-0.39, 0.29) is 6.04 Å². The van der Waals surface area contributed by atoms with Gasteiger partial charge in [-0.2, -0.15) is 0 Å². The highest BCUT2D eigenvalue weighted by Gasteiger charge is 2.15. The number of nitrogens with one attached hydrogen (secondary N) is 1. The quantitative estimate of drug-likeness (QED) is 0.592. The molecule has 0 aromatic carbocycles. The number of hydrazine groups is 1. The van der Waals surface area contributed by atoms with Crippen LogP contribution in [0.15, 0.2) is 39.6 Å². The van der Waals surface area contributed by atoms with E-state index >= 15 is 0 Å². The molecule has 0 bridgehead atoms. The Morgan fingerprint density at radius 3 is 2.73 bits per heavy atom. The third-order valence-corrected chi connectivity index (χ3v) is 2.46. The van der Waals surface area contributed by atoms with Crippen molar-refractivity contribution < 1.29 is 8.83 Å². The average Bonchev–Trinajstić information content (AvgIpc) is 2.85. The van der Waals surface area contributed by atoms with Crippen molar-refractivity contribution >= 4 is 0 Å². The van der Waals surface area contributed by atoms with Gasteiger partial charge in [0.25, 0.3) is 0 Å². The summed E-state index contributed by atoms with van der Waals surface area (Å²) < 4.78 is 10.5. The molecule has 1 unspecified atom stereocenters. The molecule has 2 aromatic rings. The van der Waals surface area contributed by atoms with E-state index in [1.807, 2.05) is 25.1 Å². The van der Waals surface area contributed by atoms with E-state index in [2.05, 4.69) is 5.43 Å².